The van der Waals surface area contributed by atoms with E-state index in [1.54, 1.807) is 17.9 Å². The van der Waals surface area contributed by atoms with Crippen molar-refractivity contribution in [3.63, 3.8) is 0 Å². The molecule has 0 amide bonds. The van der Waals surface area contributed by atoms with E-state index in [-0.39, 0.29) is 0 Å². The van der Waals surface area contributed by atoms with E-state index in [9.17, 15) is 0 Å². The van der Waals surface area contributed by atoms with Crippen LogP contribution in [0.1, 0.15) is 5.56 Å². The quantitative estimate of drug-likeness (QED) is 0.631. The number of hydrogen-bond donors (Lipinski definition) is 2. The fraction of sp³-hybridized carbons (Fsp3) is 0.125. The normalized spacial score (nSPS) is 10.6. The summed E-state index contributed by atoms with van der Waals surface area (Å²) in [5.74, 6) is 1.35. The van der Waals surface area contributed by atoms with Crippen LogP contribution in [0.25, 0.3) is 11.4 Å². The van der Waals surface area contributed by atoms with Crippen molar-refractivity contribution in [2.75, 3.05) is 12.5 Å². The van der Waals surface area contributed by atoms with Gasteiger partial charge in [0.05, 0.1) is 29.3 Å². The van der Waals surface area contributed by atoms with E-state index in [0.29, 0.717) is 32.9 Å². The first-order valence-corrected chi connectivity index (χ1v) is 8.25. The summed E-state index contributed by atoms with van der Waals surface area (Å²) >= 11 is 17.3. The molecule has 0 saturated heterocycles. The van der Waals surface area contributed by atoms with Gasteiger partial charge in [0.1, 0.15) is 5.75 Å². The molecule has 0 spiro atoms. The molecule has 0 aliphatic rings. The Bertz CT molecular complexity index is 922. The number of ether oxygens (including phenoxy) is 1. The SMILES string of the molecule is COc1ccccc1-c1n[nH]c(=S)n1NCc1ccc(Cl)c(Cl)c1. The molecule has 1 heterocycles. The van der Waals surface area contributed by atoms with E-state index in [1.807, 2.05) is 36.4 Å². The molecule has 5 nitrogen and oxygen atoms in total. The summed E-state index contributed by atoms with van der Waals surface area (Å²) in [7, 11) is 1.62. The minimum absolute atomic E-state index is 0.455. The van der Waals surface area contributed by atoms with Gasteiger partial charge in [0, 0.05) is 0 Å². The lowest BCUT2D eigenvalue weighted by molar-refractivity contribution is 0.416. The van der Waals surface area contributed by atoms with Crippen molar-refractivity contribution in [1.82, 2.24) is 14.9 Å². The molecule has 24 heavy (non-hydrogen) atoms. The first kappa shape index (κ1) is 16.8. The summed E-state index contributed by atoms with van der Waals surface area (Å²) < 4.78 is 7.55. The fourth-order valence-electron chi connectivity index (χ4n) is 2.27. The number of methoxy groups -OCH3 is 1. The third-order valence-electron chi connectivity index (χ3n) is 3.45. The lowest BCUT2D eigenvalue weighted by Gasteiger charge is -2.12. The summed E-state index contributed by atoms with van der Waals surface area (Å²) in [4.78, 5) is 0. The van der Waals surface area contributed by atoms with Crippen molar-refractivity contribution >= 4 is 35.4 Å². The van der Waals surface area contributed by atoms with E-state index in [4.69, 9.17) is 40.2 Å². The van der Waals surface area contributed by atoms with Gasteiger partial charge in [-0.1, -0.05) is 41.4 Å². The number of benzene rings is 2. The van der Waals surface area contributed by atoms with Gasteiger partial charge in [-0.3, -0.25) is 0 Å². The predicted molar refractivity (Wildman–Crippen MR) is 98.9 cm³/mol. The van der Waals surface area contributed by atoms with Gasteiger partial charge in [-0.05, 0) is 42.0 Å². The Kier molecular flexibility index (Phi) is 5.08. The molecule has 3 aromatic rings. The van der Waals surface area contributed by atoms with Crippen LogP contribution in [0.2, 0.25) is 10.0 Å². The molecule has 0 saturated carbocycles. The topological polar surface area (TPSA) is 54.9 Å². The van der Waals surface area contributed by atoms with Crippen molar-refractivity contribution < 1.29 is 4.74 Å². The van der Waals surface area contributed by atoms with Crippen molar-refractivity contribution in [3.05, 3.63) is 62.8 Å². The summed E-state index contributed by atoms with van der Waals surface area (Å²) in [6.07, 6.45) is 0. The number of H-pyrrole nitrogens is 1. The highest BCUT2D eigenvalue weighted by Crippen LogP contribution is 2.28. The number of aromatic nitrogens is 3. The van der Waals surface area contributed by atoms with Gasteiger partial charge in [-0.2, -0.15) is 5.10 Å². The molecule has 0 bridgehead atoms. The summed E-state index contributed by atoms with van der Waals surface area (Å²) in [6, 6.07) is 13.1. The van der Waals surface area contributed by atoms with Crippen LogP contribution < -0.4 is 10.2 Å². The lowest BCUT2D eigenvalue weighted by atomic mass is 10.2. The van der Waals surface area contributed by atoms with Gasteiger partial charge in [0.15, 0.2) is 5.82 Å². The van der Waals surface area contributed by atoms with E-state index >= 15 is 0 Å². The standard InChI is InChI=1S/C16H14Cl2N4OS/c1-23-14-5-3-2-4-11(14)15-20-21-16(24)22(15)19-9-10-6-7-12(17)13(18)8-10/h2-8,19H,9H2,1H3,(H,21,24). The highest BCUT2D eigenvalue weighted by atomic mass is 35.5. The smallest absolute Gasteiger partial charge is 0.214 e. The molecule has 0 fully saturated rings. The Morgan fingerprint density at radius 1 is 1.21 bits per heavy atom. The molecule has 0 atom stereocenters. The summed E-state index contributed by atoms with van der Waals surface area (Å²) in [5.41, 5.74) is 5.03. The monoisotopic (exact) mass is 380 g/mol. The van der Waals surface area contributed by atoms with Crippen LogP contribution in [0.5, 0.6) is 5.75 Å². The van der Waals surface area contributed by atoms with E-state index in [0.717, 1.165) is 11.1 Å². The molecule has 1 aromatic heterocycles. The maximum Gasteiger partial charge on any atom is 0.214 e. The Morgan fingerprint density at radius 3 is 2.75 bits per heavy atom. The molecule has 0 aliphatic carbocycles. The number of halogens is 2. The van der Waals surface area contributed by atoms with Crippen LogP contribution in [-0.2, 0) is 6.54 Å². The van der Waals surface area contributed by atoms with Gasteiger partial charge in [-0.15, -0.1) is 0 Å². The van der Waals surface area contributed by atoms with Crippen molar-refractivity contribution in [2.24, 2.45) is 0 Å². The Balaban J connectivity index is 1.90. The Labute approximate surface area is 154 Å². The maximum atomic E-state index is 6.05. The fourth-order valence-corrected chi connectivity index (χ4v) is 2.79. The van der Waals surface area contributed by atoms with Crippen LogP contribution in [0.3, 0.4) is 0 Å². The van der Waals surface area contributed by atoms with Crippen molar-refractivity contribution in [3.8, 4) is 17.1 Å². The van der Waals surface area contributed by atoms with Crippen molar-refractivity contribution in [2.45, 2.75) is 6.54 Å². The first-order chi connectivity index (χ1) is 11.6. The Hall–Kier alpha value is -2.02. The average molecular weight is 381 g/mol. The third kappa shape index (κ3) is 3.40. The molecular formula is C16H14Cl2N4OS. The molecule has 8 heteroatoms. The van der Waals surface area contributed by atoms with Crippen LogP contribution >= 0.6 is 35.4 Å². The maximum absolute atomic E-state index is 6.05. The zero-order valence-electron chi connectivity index (χ0n) is 12.7. The van der Waals surface area contributed by atoms with E-state index < -0.39 is 0 Å². The van der Waals surface area contributed by atoms with Crippen LogP contribution in [0.4, 0.5) is 0 Å². The molecule has 0 radical (unpaired) electrons. The average Bonchev–Trinajstić information content (AvgIpc) is 2.96. The number of nitrogens with zero attached hydrogens (tertiary/aromatic N) is 2. The molecule has 0 unspecified atom stereocenters. The van der Waals surface area contributed by atoms with Crippen LogP contribution in [-0.4, -0.2) is 22.0 Å². The second-order valence-electron chi connectivity index (χ2n) is 4.97. The third-order valence-corrected chi connectivity index (χ3v) is 4.46. The summed E-state index contributed by atoms with van der Waals surface area (Å²) in [5, 5.41) is 8.12. The second-order valence-corrected chi connectivity index (χ2v) is 6.17. The highest BCUT2D eigenvalue weighted by molar-refractivity contribution is 7.71. The number of para-hydroxylation sites is 1. The molecule has 2 N–H and O–H groups in total. The molecule has 0 aliphatic heterocycles. The predicted octanol–water partition coefficient (Wildman–Crippen LogP) is 4.67. The zero-order valence-corrected chi connectivity index (χ0v) is 15.0. The number of hydrogen-bond acceptors (Lipinski definition) is 4. The van der Waals surface area contributed by atoms with Crippen LogP contribution in [0, 0.1) is 4.77 Å². The highest BCUT2D eigenvalue weighted by Gasteiger charge is 2.13. The van der Waals surface area contributed by atoms with Gasteiger partial charge >= 0.3 is 0 Å². The number of rotatable bonds is 5. The van der Waals surface area contributed by atoms with E-state index in [2.05, 4.69) is 15.6 Å². The molecular weight excluding hydrogens is 367 g/mol. The minimum Gasteiger partial charge on any atom is -0.496 e. The van der Waals surface area contributed by atoms with Gasteiger partial charge in [-0.25, -0.2) is 9.77 Å². The van der Waals surface area contributed by atoms with Crippen LogP contribution in [0.15, 0.2) is 42.5 Å². The van der Waals surface area contributed by atoms with Crippen molar-refractivity contribution in [1.29, 1.82) is 0 Å². The largest absolute Gasteiger partial charge is 0.496 e. The zero-order chi connectivity index (χ0) is 17.1. The number of nitrogens with one attached hydrogen (secondary N) is 2. The second kappa shape index (κ2) is 7.25. The Morgan fingerprint density at radius 2 is 2.00 bits per heavy atom. The lowest BCUT2D eigenvalue weighted by Crippen LogP contribution is -2.16. The van der Waals surface area contributed by atoms with Gasteiger partial charge < -0.3 is 10.2 Å². The molecule has 2 aromatic carbocycles. The molecule has 124 valence electrons. The van der Waals surface area contributed by atoms with E-state index in [1.165, 1.54) is 0 Å². The first-order valence-electron chi connectivity index (χ1n) is 7.08. The summed E-state index contributed by atoms with van der Waals surface area (Å²) in [6.45, 7) is 0.507. The van der Waals surface area contributed by atoms with Gasteiger partial charge in [0.25, 0.3) is 0 Å². The molecule has 3 rings (SSSR count). The minimum atomic E-state index is 0.455. The number of aromatic amines is 1. The van der Waals surface area contributed by atoms with Gasteiger partial charge in [0.2, 0.25) is 4.77 Å².